The lowest BCUT2D eigenvalue weighted by atomic mass is 10.0. The van der Waals surface area contributed by atoms with Gasteiger partial charge in [0, 0.05) is 23.6 Å². The van der Waals surface area contributed by atoms with Gasteiger partial charge in [0.2, 0.25) is 0 Å². The van der Waals surface area contributed by atoms with Crippen LogP contribution in [0.5, 0.6) is 5.75 Å². The highest BCUT2D eigenvalue weighted by Crippen LogP contribution is 2.34. The Bertz CT molecular complexity index is 1280. The fourth-order valence-corrected chi connectivity index (χ4v) is 4.02. The van der Waals surface area contributed by atoms with Crippen molar-refractivity contribution in [3.63, 3.8) is 0 Å². The maximum Gasteiger partial charge on any atom is 0.175 e. The zero-order valence-corrected chi connectivity index (χ0v) is 17.5. The third-order valence-corrected chi connectivity index (χ3v) is 5.93. The van der Waals surface area contributed by atoms with Gasteiger partial charge < -0.3 is 4.74 Å². The number of hydrogen-bond donors (Lipinski definition) is 0. The zero-order valence-electron chi connectivity index (χ0n) is 16.0. The van der Waals surface area contributed by atoms with Crippen molar-refractivity contribution in [1.29, 1.82) is 0 Å². The van der Waals surface area contributed by atoms with Crippen LogP contribution in [-0.2, 0) is 9.84 Å². The highest BCUT2D eigenvalue weighted by atomic mass is 35.5. The van der Waals surface area contributed by atoms with E-state index >= 15 is 0 Å². The molecule has 2 aromatic carbocycles. The third kappa shape index (κ3) is 3.86. The molecule has 0 atom stereocenters. The van der Waals surface area contributed by atoms with Crippen LogP contribution in [0.25, 0.3) is 28.2 Å². The van der Waals surface area contributed by atoms with E-state index in [2.05, 4.69) is 0 Å². The molecule has 0 aliphatic rings. The quantitative estimate of drug-likeness (QED) is 0.444. The largest absolute Gasteiger partial charge is 0.494 e. The monoisotopic (exact) mass is 426 g/mol. The van der Waals surface area contributed by atoms with Crippen molar-refractivity contribution in [2.24, 2.45) is 0 Å². The van der Waals surface area contributed by atoms with E-state index in [4.69, 9.17) is 21.3 Å². The van der Waals surface area contributed by atoms with Crippen molar-refractivity contribution in [1.82, 2.24) is 9.38 Å². The number of ether oxygens (including phenoxy) is 1. The van der Waals surface area contributed by atoms with Crippen molar-refractivity contribution in [2.45, 2.75) is 11.8 Å². The van der Waals surface area contributed by atoms with Crippen LogP contribution in [0.4, 0.5) is 0 Å². The van der Waals surface area contributed by atoms with Crippen LogP contribution in [0.15, 0.2) is 71.8 Å². The molecular formula is C22H19ClN2O3S. The number of aromatic nitrogens is 2. The average molecular weight is 427 g/mol. The first kappa shape index (κ1) is 19.5. The van der Waals surface area contributed by atoms with E-state index in [1.165, 1.54) is 6.26 Å². The van der Waals surface area contributed by atoms with Gasteiger partial charge in [0.15, 0.2) is 9.84 Å². The molecule has 148 valence electrons. The fraction of sp³-hybridized carbons (Fsp3) is 0.136. The van der Waals surface area contributed by atoms with E-state index in [-0.39, 0.29) is 4.90 Å². The summed E-state index contributed by atoms with van der Waals surface area (Å²) in [4.78, 5) is 5.07. The molecule has 0 N–H and O–H groups in total. The molecule has 5 nitrogen and oxygen atoms in total. The molecule has 0 aliphatic carbocycles. The molecule has 0 aliphatic heterocycles. The van der Waals surface area contributed by atoms with Gasteiger partial charge in [-0.1, -0.05) is 23.7 Å². The summed E-state index contributed by atoms with van der Waals surface area (Å²) in [6.07, 6.45) is 3.00. The Balaban J connectivity index is 1.91. The van der Waals surface area contributed by atoms with Crippen LogP contribution in [0.1, 0.15) is 6.92 Å². The summed E-state index contributed by atoms with van der Waals surface area (Å²) in [5, 5.41) is 0.585. The predicted molar refractivity (Wildman–Crippen MR) is 115 cm³/mol. The highest BCUT2D eigenvalue weighted by Gasteiger charge is 2.17. The van der Waals surface area contributed by atoms with Crippen molar-refractivity contribution < 1.29 is 13.2 Å². The Morgan fingerprint density at radius 1 is 0.966 bits per heavy atom. The van der Waals surface area contributed by atoms with Crippen LogP contribution in [0.2, 0.25) is 5.02 Å². The molecule has 29 heavy (non-hydrogen) atoms. The molecule has 0 amide bonds. The van der Waals surface area contributed by atoms with Gasteiger partial charge in [0.25, 0.3) is 0 Å². The Kier molecular flexibility index (Phi) is 5.06. The maximum absolute atomic E-state index is 11.8. The number of halogens is 1. The molecule has 4 aromatic rings. The van der Waals surface area contributed by atoms with Gasteiger partial charge in [-0.05, 0) is 55.5 Å². The number of hydrogen-bond acceptors (Lipinski definition) is 4. The van der Waals surface area contributed by atoms with Gasteiger partial charge in [-0.15, -0.1) is 0 Å². The van der Waals surface area contributed by atoms with Crippen LogP contribution >= 0.6 is 11.6 Å². The molecule has 0 fully saturated rings. The first-order valence-electron chi connectivity index (χ1n) is 9.08. The number of pyridine rings is 1. The van der Waals surface area contributed by atoms with Crippen molar-refractivity contribution in [3.05, 3.63) is 71.9 Å². The van der Waals surface area contributed by atoms with Crippen LogP contribution in [0.3, 0.4) is 0 Å². The molecular weight excluding hydrogens is 408 g/mol. The van der Waals surface area contributed by atoms with Gasteiger partial charge in [0.1, 0.15) is 11.4 Å². The lowest BCUT2D eigenvalue weighted by Gasteiger charge is -2.08. The first-order chi connectivity index (χ1) is 13.9. The molecule has 4 rings (SSSR count). The maximum atomic E-state index is 11.8. The summed E-state index contributed by atoms with van der Waals surface area (Å²) in [6.45, 7) is 2.54. The molecule has 2 aromatic heterocycles. The molecule has 2 heterocycles. The summed E-state index contributed by atoms with van der Waals surface area (Å²) in [5.41, 5.74) is 4.14. The number of sulfone groups is 1. The van der Waals surface area contributed by atoms with E-state index in [0.717, 1.165) is 33.9 Å². The Hall–Kier alpha value is -2.83. The first-order valence-corrected chi connectivity index (χ1v) is 11.3. The van der Waals surface area contributed by atoms with E-state index in [1.807, 2.05) is 47.9 Å². The van der Waals surface area contributed by atoms with Gasteiger partial charge >= 0.3 is 0 Å². The summed E-state index contributed by atoms with van der Waals surface area (Å²) >= 11 is 6.23. The molecule has 0 spiro atoms. The Morgan fingerprint density at radius 3 is 2.24 bits per heavy atom. The number of benzene rings is 2. The van der Waals surface area contributed by atoms with Crippen LogP contribution in [0, 0.1) is 0 Å². The summed E-state index contributed by atoms with van der Waals surface area (Å²) < 4.78 is 31.1. The topological polar surface area (TPSA) is 60.7 Å². The lowest BCUT2D eigenvalue weighted by Crippen LogP contribution is -1.97. The number of rotatable bonds is 5. The third-order valence-electron chi connectivity index (χ3n) is 4.58. The second kappa shape index (κ2) is 7.54. The minimum absolute atomic E-state index is 0.274. The minimum atomic E-state index is -3.27. The van der Waals surface area contributed by atoms with Crippen molar-refractivity contribution >= 4 is 27.1 Å². The standard InChI is InChI=1S/C22H19ClN2O3S/c1-3-28-18-9-4-15(5-10-18)21-22(25-14-17(23)8-13-20(25)24-21)16-6-11-19(12-7-16)29(2,26)27/h4-14H,3H2,1-2H3. The predicted octanol–water partition coefficient (Wildman–Crippen LogP) is 5.12. The Labute approximate surface area is 174 Å². The molecule has 0 saturated carbocycles. The SMILES string of the molecule is CCOc1ccc(-c2nc3ccc(Cl)cn3c2-c2ccc(S(C)(=O)=O)cc2)cc1. The lowest BCUT2D eigenvalue weighted by molar-refractivity contribution is 0.340. The highest BCUT2D eigenvalue weighted by molar-refractivity contribution is 7.90. The fourth-order valence-electron chi connectivity index (χ4n) is 3.23. The molecule has 0 saturated heterocycles. The number of imidazole rings is 1. The molecule has 0 bridgehead atoms. The van der Waals surface area contributed by atoms with E-state index < -0.39 is 9.84 Å². The van der Waals surface area contributed by atoms with Gasteiger partial charge in [-0.2, -0.15) is 0 Å². The number of nitrogens with zero attached hydrogens (tertiary/aromatic N) is 2. The second-order valence-electron chi connectivity index (χ2n) is 6.64. The van der Waals surface area contributed by atoms with E-state index in [9.17, 15) is 8.42 Å². The Morgan fingerprint density at radius 2 is 1.62 bits per heavy atom. The second-order valence-corrected chi connectivity index (χ2v) is 9.09. The molecule has 0 radical (unpaired) electrons. The molecule has 0 unspecified atom stereocenters. The zero-order chi connectivity index (χ0) is 20.6. The van der Waals surface area contributed by atoms with Gasteiger partial charge in [-0.25, -0.2) is 13.4 Å². The normalized spacial score (nSPS) is 11.7. The minimum Gasteiger partial charge on any atom is -0.494 e. The van der Waals surface area contributed by atoms with Crippen LogP contribution < -0.4 is 4.74 Å². The van der Waals surface area contributed by atoms with Gasteiger partial charge in [0.05, 0.1) is 27.9 Å². The van der Waals surface area contributed by atoms with Crippen LogP contribution in [-0.4, -0.2) is 30.7 Å². The molecule has 7 heteroatoms. The smallest absolute Gasteiger partial charge is 0.175 e. The average Bonchev–Trinajstić information content (AvgIpc) is 3.07. The van der Waals surface area contributed by atoms with Gasteiger partial charge in [-0.3, -0.25) is 4.40 Å². The van der Waals surface area contributed by atoms with E-state index in [0.29, 0.717) is 11.6 Å². The van der Waals surface area contributed by atoms with Crippen molar-refractivity contribution in [2.75, 3.05) is 12.9 Å². The van der Waals surface area contributed by atoms with Crippen molar-refractivity contribution in [3.8, 4) is 28.3 Å². The summed E-state index contributed by atoms with van der Waals surface area (Å²) in [6, 6.07) is 18.2. The summed E-state index contributed by atoms with van der Waals surface area (Å²) in [7, 11) is -3.27. The van der Waals surface area contributed by atoms with E-state index in [1.54, 1.807) is 30.3 Å². The number of fused-ring (bicyclic) bond motifs is 1. The summed E-state index contributed by atoms with van der Waals surface area (Å²) in [5.74, 6) is 0.794.